The molecule has 41 heavy (non-hydrogen) atoms. The van der Waals surface area contributed by atoms with Crippen LogP contribution in [0.25, 0.3) is 17.1 Å². The molecule has 0 aliphatic rings. The van der Waals surface area contributed by atoms with Crippen molar-refractivity contribution < 1.29 is 9.53 Å². The van der Waals surface area contributed by atoms with Gasteiger partial charge in [-0.15, -0.1) is 10.2 Å². The third-order valence-electron chi connectivity index (χ3n) is 6.73. The number of nitrogens with zero attached hydrogens (tertiary/aromatic N) is 5. The zero-order valence-corrected chi connectivity index (χ0v) is 25.4. The Morgan fingerprint density at radius 3 is 2.22 bits per heavy atom. The average molecular weight is 571 g/mol. The van der Waals surface area contributed by atoms with Crippen molar-refractivity contribution in [1.29, 1.82) is 0 Å². The number of carbonyl (C=O) groups is 1. The molecular weight excluding hydrogens is 532 g/mol. The van der Waals surface area contributed by atoms with E-state index in [1.807, 2.05) is 41.0 Å². The van der Waals surface area contributed by atoms with Gasteiger partial charge in [0.05, 0.1) is 19.1 Å². The normalized spacial score (nSPS) is 11.6. The van der Waals surface area contributed by atoms with Crippen LogP contribution in [0.3, 0.4) is 0 Å². The van der Waals surface area contributed by atoms with Crippen LogP contribution in [0.2, 0.25) is 0 Å². The Kier molecular flexibility index (Phi) is 9.83. The lowest BCUT2D eigenvalue weighted by Gasteiger charge is -2.20. The summed E-state index contributed by atoms with van der Waals surface area (Å²) in [5.74, 6) is 1.36. The van der Waals surface area contributed by atoms with E-state index in [2.05, 4.69) is 96.6 Å². The smallest absolute Gasteiger partial charge is 0.250 e. The second-order valence-corrected chi connectivity index (χ2v) is 11.5. The molecular formula is C32H38N6O2S. The Morgan fingerprint density at radius 2 is 1.63 bits per heavy atom. The fraction of sp³-hybridized carbons (Fsp3) is 0.312. The Morgan fingerprint density at radius 1 is 0.976 bits per heavy atom. The van der Waals surface area contributed by atoms with Crippen LogP contribution in [0.15, 0.2) is 83.1 Å². The van der Waals surface area contributed by atoms with E-state index >= 15 is 0 Å². The fourth-order valence-corrected chi connectivity index (χ4v) is 5.08. The summed E-state index contributed by atoms with van der Waals surface area (Å²) in [5.41, 5.74) is 7.80. The summed E-state index contributed by atoms with van der Waals surface area (Å²) in [6.07, 6.45) is 1.65. The summed E-state index contributed by atoms with van der Waals surface area (Å²) in [7, 11) is 1.64. The minimum absolute atomic E-state index is 0.0494. The number of hydrogen-bond acceptors (Lipinski definition) is 7. The van der Waals surface area contributed by atoms with Gasteiger partial charge in [-0.1, -0.05) is 68.9 Å². The summed E-state index contributed by atoms with van der Waals surface area (Å²) in [4.78, 5) is 14.9. The largest absolute Gasteiger partial charge is 0.497 e. The third-order valence-corrected chi connectivity index (χ3v) is 7.66. The average Bonchev–Trinajstić information content (AvgIpc) is 3.41. The molecule has 8 nitrogen and oxygen atoms in total. The van der Waals surface area contributed by atoms with Gasteiger partial charge in [-0.05, 0) is 66.8 Å². The second-order valence-electron chi connectivity index (χ2n) is 10.5. The van der Waals surface area contributed by atoms with Gasteiger partial charge in [0.15, 0.2) is 11.0 Å². The number of nitrogens with one attached hydrogen (secondary N) is 1. The van der Waals surface area contributed by atoms with Crippen LogP contribution < -0.4 is 15.1 Å². The van der Waals surface area contributed by atoms with Gasteiger partial charge < -0.3 is 9.64 Å². The first-order chi connectivity index (χ1) is 19.7. The van der Waals surface area contributed by atoms with E-state index in [0.29, 0.717) is 11.0 Å². The van der Waals surface area contributed by atoms with Crippen LogP contribution in [0, 0.1) is 0 Å². The predicted octanol–water partition coefficient (Wildman–Crippen LogP) is 6.33. The molecule has 0 spiro atoms. The number of methoxy groups -OCH3 is 1. The molecule has 0 unspecified atom stereocenters. The van der Waals surface area contributed by atoms with Crippen molar-refractivity contribution in [3.8, 4) is 22.8 Å². The van der Waals surface area contributed by atoms with Gasteiger partial charge in [-0.3, -0.25) is 9.36 Å². The van der Waals surface area contributed by atoms with Gasteiger partial charge >= 0.3 is 0 Å². The molecule has 0 aliphatic heterocycles. The lowest BCUT2D eigenvalue weighted by molar-refractivity contribution is -0.118. The second kappa shape index (κ2) is 13.5. The molecule has 1 N–H and O–H groups in total. The van der Waals surface area contributed by atoms with E-state index in [1.165, 1.54) is 17.3 Å². The van der Waals surface area contributed by atoms with E-state index in [0.717, 1.165) is 41.3 Å². The number of thioether (sulfide) groups is 1. The lowest BCUT2D eigenvalue weighted by atomic mass is 9.87. The number of benzene rings is 3. The molecule has 1 aromatic heterocycles. The van der Waals surface area contributed by atoms with E-state index < -0.39 is 0 Å². The first kappa shape index (κ1) is 29.9. The monoisotopic (exact) mass is 570 g/mol. The van der Waals surface area contributed by atoms with Gasteiger partial charge in [0.25, 0.3) is 5.91 Å². The molecule has 1 amide bonds. The highest BCUT2D eigenvalue weighted by Crippen LogP contribution is 2.30. The van der Waals surface area contributed by atoms with Crippen molar-refractivity contribution in [2.45, 2.75) is 45.2 Å². The number of ether oxygens (including phenoxy) is 1. The quantitative estimate of drug-likeness (QED) is 0.129. The predicted molar refractivity (Wildman–Crippen MR) is 169 cm³/mol. The number of anilines is 1. The molecule has 1 heterocycles. The molecule has 9 heteroatoms. The number of hydrazone groups is 1. The van der Waals surface area contributed by atoms with Gasteiger partial charge in [0.1, 0.15) is 5.75 Å². The van der Waals surface area contributed by atoms with Crippen molar-refractivity contribution in [3.05, 3.63) is 83.9 Å². The summed E-state index contributed by atoms with van der Waals surface area (Å²) < 4.78 is 7.30. The minimum atomic E-state index is -0.230. The maximum absolute atomic E-state index is 12.6. The van der Waals surface area contributed by atoms with Gasteiger partial charge in [-0.25, -0.2) is 5.43 Å². The number of rotatable bonds is 11. The maximum atomic E-state index is 12.6. The number of amides is 1. The summed E-state index contributed by atoms with van der Waals surface area (Å²) in [6.45, 7) is 12.7. The van der Waals surface area contributed by atoms with E-state index in [1.54, 1.807) is 13.3 Å². The fourth-order valence-electron chi connectivity index (χ4n) is 4.33. The Balaban J connectivity index is 1.48. The van der Waals surface area contributed by atoms with Crippen molar-refractivity contribution in [2.24, 2.45) is 5.10 Å². The van der Waals surface area contributed by atoms with E-state index in [-0.39, 0.29) is 17.1 Å². The Hall–Kier alpha value is -4.11. The molecule has 4 aromatic rings. The molecule has 3 aromatic carbocycles. The highest BCUT2D eigenvalue weighted by Gasteiger charge is 2.19. The molecule has 0 saturated carbocycles. The minimum Gasteiger partial charge on any atom is -0.497 e. The first-order valence-electron chi connectivity index (χ1n) is 13.7. The molecule has 0 saturated heterocycles. The zero-order chi connectivity index (χ0) is 29.4. The molecule has 214 valence electrons. The molecule has 0 bridgehead atoms. The molecule has 0 radical (unpaired) electrons. The molecule has 0 aliphatic carbocycles. The molecule has 0 atom stereocenters. The van der Waals surface area contributed by atoms with Crippen molar-refractivity contribution in [1.82, 2.24) is 20.2 Å². The zero-order valence-electron chi connectivity index (χ0n) is 24.6. The Labute approximate surface area is 246 Å². The van der Waals surface area contributed by atoms with Gasteiger partial charge in [-0.2, -0.15) is 5.10 Å². The summed E-state index contributed by atoms with van der Waals surface area (Å²) in [6, 6.07) is 24.2. The van der Waals surface area contributed by atoms with Crippen molar-refractivity contribution in [3.63, 3.8) is 0 Å². The number of hydrogen-bond donors (Lipinski definition) is 1. The van der Waals surface area contributed by atoms with E-state index in [4.69, 9.17) is 4.74 Å². The van der Waals surface area contributed by atoms with Crippen LogP contribution in [-0.4, -0.2) is 52.8 Å². The number of carbonyl (C=O) groups excluding carboxylic acids is 1. The topological polar surface area (TPSA) is 84.6 Å². The highest BCUT2D eigenvalue weighted by atomic mass is 32.2. The highest BCUT2D eigenvalue weighted by molar-refractivity contribution is 7.99. The summed E-state index contributed by atoms with van der Waals surface area (Å²) >= 11 is 1.31. The van der Waals surface area contributed by atoms with Crippen LogP contribution in [0.1, 0.15) is 45.7 Å². The number of aromatic nitrogens is 3. The van der Waals surface area contributed by atoms with Crippen LogP contribution in [-0.2, 0) is 10.2 Å². The Bertz CT molecular complexity index is 1450. The molecule has 0 fully saturated rings. The third kappa shape index (κ3) is 7.55. The van der Waals surface area contributed by atoms with Crippen LogP contribution in [0.4, 0.5) is 5.69 Å². The van der Waals surface area contributed by atoms with Gasteiger partial charge in [0.2, 0.25) is 0 Å². The van der Waals surface area contributed by atoms with E-state index in [9.17, 15) is 4.79 Å². The van der Waals surface area contributed by atoms with Crippen LogP contribution in [0.5, 0.6) is 5.75 Å². The summed E-state index contributed by atoms with van der Waals surface area (Å²) in [5, 5.41) is 13.7. The first-order valence-corrected chi connectivity index (χ1v) is 14.7. The van der Waals surface area contributed by atoms with Crippen molar-refractivity contribution in [2.75, 3.05) is 30.9 Å². The SMILES string of the molecule is CCN(CC)c1ccc(C=NNC(=O)CSc2nnc(-c3ccc(C(C)(C)C)cc3)n2-c2ccc(OC)cc2)cc1. The maximum Gasteiger partial charge on any atom is 0.250 e. The lowest BCUT2D eigenvalue weighted by Crippen LogP contribution is -2.21. The standard InChI is InChI=1S/C32H38N6O2S/c1-7-37(8-2)26-15-9-23(10-16-26)21-33-34-29(39)22-41-31-36-35-30(24-11-13-25(14-12-24)32(3,4)5)38(31)27-17-19-28(40-6)20-18-27/h9-21H,7-8,22H2,1-6H3,(H,34,39). The van der Waals surface area contributed by atoms with Gasteiger partial charge in [0, 0.05) is 30.0 Å². The van der Waals surface area contributed by atoms with Crippen molar-refractivity contribution >= 4 is 29.6 Å². The molecule has 4 rings (SSSR count). The van der Waals surface area contributed by atoms with Crippen LogP contribution >= 0.6 is 11.8 Å².